The van der Waals surface area contributed by atoms with E-state index in [0.717, 1.165) is 6.07 Å². The first-order valence-corrected chi connectivity index (χ1v) is 5.22. The third kappa shape index (κ3) is 2.17. The van der Waals surface area contributed by atoms with Crippen LogP contribution in [-0.4, -0.2) is 20.2 Å². The topological polar surface area (TPSA) is 64.2 Å². The first-order valence-electron chi connectivity index (χ1n) is 5.22. The minimum Gasteiger partial charge on any atom is -0.478 e. The van der Waals surface area contributed by atoms with Gasteiger partial charge >= 0.3 is 11.7 Å². The molecule has 0 aliphatic carbocycles. The zero-order valence-electron chi connectivity index (χ0n) is 9.63. The lowest BCUT2D eigenvalue weighted by molar-refractivity contribution is 0.0691. The van der Waals surface area contributed by atoms with E-state index in [9.17, 15) is 14.0 Å². The van der Waals surface area contributed by atoms with Crippen molar-refractivity contribution in [3.63, 3.8) is 0 Å². The zero-order chi connectivity index (χ0) is 13.3. The molecule has 1 N–H and O–H groups in total. The molecule has 94 valence electrons. The van der Waals surface area contributed by atoms with Gasteiger partial charge in [-0.1, -0.05) is 6.07 Å². The number of carbonyl (C=O) groups is 1. The van der Waals surface area contributed by atoms with Crippen molar-refractivity contribution in [2.45, 2.75) is 6.54 Å². The molecule has 0 aliphatic heterocycles. The molecule has 0 spiro atoms. The summed E-state index contributed by atoms with van der Waals surface area (Å²) in [5.74, 6) is -2.11. The smallest absolute Gasteiger partial charge is 0.338 e. The monoisotopic (exact) mass is 250 g/mol. The van der Waals surface area contributed by atoms with Gasteiger partial charge in [0.1, 0.15) is 5.82 Å². The molecule has 0 saturated heterocycles. The maximum absolute atomic E-state index is 13.2. The molecule has 0 amide bonds. The molecule has 1 aromatic heterocycles. The highest BCUT2D eigenvalue weighted by molar-refractivity contribution is 5.88. The van der Waals surface area contributed by atoms with Crippen LogP contribution in [0.4, 0.5) is 4.39 Å². The van der Waals surface area contributed by atoms with Crippen LogP contribution in [0.1, 0.15) is 15.9 Å². The highest BCUT2D eigenvalue weighted by Crippen LogP contribution is 2.11. The first-order chi connectivity index (χ1) is 8.49. The molecule has 0 fully saturated rings. The van der Waals surface area contributed by atoms with Crippen molar-refractivity contribution >= 4 is 5.97 Å². The van der Waals surface area contributed by atoms with Crippen LogP contribution in [0.25, 0.3) is 0 Å². The largest absolute Gasteiger partial charge is 0.478 e. The second-order valence-electron chi connectivity index (χ2n) is 3.94. The van der Waals surface area contributed by atoms with Crippen LogP contribution in [0.15, 0.2) is 35.4 Å². The van der Waals surface area contributed by atoms with E-state index < -0.39 is 17.3 Å². The Morgan fingerprint density at radius 2 is 2.11 bits per heavy atom. The molecular weight excluding hydrogens is 239 g/mol. The van der Waals surface area contributed by atoms with Gasteiger partial charge in [-0.3, -0.25) is 4.57 Å². The molecule has 0 radical (unpaired) electrons. The fourth-order valence-corrected chi connectivity index (χ4v) is 1.66. The van der Waals surface area contributed by atoms with Gasteiger partial charge in [-0.15, -0.1) is 0 Å². The molecule has 0 unspecified atom stereocenters. The summed E-state index contributed by atoms with van der Waals surface area (Å²) in [5.41, 5.74) is -0.0465. The number of hydrogen-bond acceptors (Lipinski definition) is 2. The highest BCUT2D eigenvalue weighted by atomic mass is 19.1. The van der Waals surface area contributed by atoms with Crippen molar-refractivity contribution < 1.29 is 14.3 Å². The molecule has 5 nitrogen and oxygen atoms in total. The summed E-state index contributed by atoms with van der Waals surface area (Å²) in [6.07, 6.45) is 3.19. The molecule has 0 atom stereocenters. The van der Waals surface area contributed by atoms with Crippen LogP contribution >= 0.6 is 0 Å². The number of hydrogen-bond donors (Lipinski definition) is 1. The summed E-state index contributed by atoms with van der Waals surface area (Å²) >= 11 is 0. The van der Waals surface area contributed by atoms with Gasteiger partial charge in [0.25, 0.3) is 0 Å². The Morgan fingerprint density at radius 1 is 1.39 bits per heavy atom. The Hall–Kier alpha value is -2.37. The summed E-state index contributed by atoms with van der Waals surface area (Å²) in [6.45, 7) is 0.209. The quantitative estimate of drug-likeness (QED) is 0.886. The summed E-state index contributed by atoms with van der Waals surface area (Å²) in [6, 6.07) is 3.78. The molecule has 0 saturated carbocycles. The normalized spacial score (nSPS) is 10.6. The van der Waals surface area contributed by atoms with Crippen molar-refractivity contribution in [3.8, 4) is 0 Å². The molecule has 6 heteroatoms. The van der Waals surface area contributed by atoms with Gasteiger partial charge in [0.15, 0.2) is 0 Å². The number of aromatic nitrogens is 2. The molecule has 2 aromatic rings. The van der Waals surface area contributed by atoms with Crippen LogP contribution in [0.3, 0.4) is 0 Å². The number of aromatic carboxylic acids is 1. The van der Waals surface area contributed by atoms with Gasteiger partial charge in [0.05, 0.1) is 12.1 Å². The van der Waals surface area contributed by atoms with Crippen LogP contribution < -0.4 is 5.69 Å². The van der Waals surface area contributed by atoms with Crippen molar-refractivity contribution in [3.05, 3.63) is 58.0 Å². The molecule has 1 aromatic carbocycles. The van der Waals surface area contributed by atoms with Gasteiger partial charge in [0.2, 0.25) is 0 Å². The van der Waals surface area contributed by atoms with E-state index in [1.54, 1.807) is 19.4 Å². The minimum atomic E-state index is -1.32. The SMILES string of the molecule is Cn1ccn(Cc2ccc(F)c(C(=O)O)c2)c1=O. The number of imidazole rings is 1. The first kappa shape index (κ1) is 12.1. The average Bonchev–Trinajstić information content (AvgIpc) is 2.63. The Morgan fingerprint density at radius 3 is 2.67 bits per heavy atom. The number of nitrogens with zero attached hydrogens (tertiary/aromatic N) is 2. The van der Waals surface area contributed by atoms with Gasteiger partial charge in [0, 0.05) is 19.4 Å². The fraction of sp³-hybridized carbons (Fsp3) is 0.167. The summed E-state index contributed by atoms with van der Waals surface area (Å²) < 4.78 is 16.0. The zero-order valence-corrected chi connectivity index (χ0v) is 9.63. The highest BCUT2D eigenvalue weighted by Gasteiger charge is 2.11. The van der Waals surface area contributed by atoms with E-state index in [4.69, 9.17) is 5.11 Å². The lowest BCUT2D eigenvalue weighted by Gasteiger charge is -2.04. The van der Waals surface area contributed by atoms with Crippen LogP contribution in [0.2, 0.25) is 0 Å². The van der Waals surface area contributed by atoms with Gasteiger partial charge in [-0.05, 0) is 17.7 Å². The molecule has 0 bridgehead atoms. The predicted octanol–water partition coefficient (Wildman–Crippen LogP) is 1.07. The van der Waals surface area contributed by atoms with Crippen molar-refractivity contribution in [1.29, 1.82) is 0 Å². The van der Waals surface area contributed by atoms with Crippen molar-refractivity contribution in [2.24, 2.45) is 7.05 Å². The second-order valence-corrected chi connectivity index (χ2v) is 3.94. The second kappa shape index (κ2) is 4.48. The van der Waals surface area contributed by atoms with E-state index in [0.29, 0.717) is 5.56 Å². The maximum Gasteiger partial charge on any atom is 0.338 e. The number of benzene rings is 1. The van der Waals surface area contributed by atoms with Crippen molar-refractivity contribution in [2.75, 3.05) is 0 Å². The molecular formula is C12H11FN2O3. The number of carboxylic acid groups (broad SMARTS) is 1. The summed E-state index contributed by atoms with van der Waals surface area (Å²) in [7, 11) is 1.62. The van der Waals surface area contributed by atoms with Crippen LogP contribution in [-0.2, 0) is 13.6 Å². The van der Waals surface area contributed by atoms with Gasteiger partial charge < -0.3 is 9.67 Å². The average molecular weight is 250 g/mol. The number of rotatable bonds is 3. The third-order valence-electron chi connectivity index (χ3n) is 2.63. The third-order valence-corrected chi connectivity index (χ3v) is 2.63. The molecule has 1 heterocycles. The Bertz CT molecular complexity index is 658. The fourth-order valence-electron chi connectivity index (χ4n) is 1.66. The van der Waals surface area contributed by atoms with Gasteiger partial charge in [-0.2, -0.15) is 0 Å². The van der Waals surface area contributed by atoms with E-state index in [-0.39, 0.29) is 12.2 Å². The Labute approximate surface area is 102 Å². The summed E-state index contributed by atoms with van der Waals surface area (Å²) in [4.78, 5) is 22.4. The Kier molecular flexibility index (Phi) is 3.01. The van der Waals surface area contributed by atoms with E-state index >= 15 is 0 Å². The number of halogens is 1. The lowest BCUT2D eigenvalue weighted by Crippen LogP contribution is -2.22. The minimum absolute atomic E-state index is 0.209. The van der Waals surface area contributed by atoms with E-state index in [1.165, 1.54) is 21.3 Å². The van der Waals surface area contributed by atoms with Crippen LogP contribution in [0, 0.1) is 5.82 Å². The predicted molar refractivity (Wildman–Crippen MR) is 62.1 cm³/mol. The number of aryl methyl sites for hydroxylation is 1. The molecule has 18 heavy (non-hydrogen) atoms. The summed E-state index contributed by atoms with van der Waals surface area (Å²) in [5, 5.41) is 8.80. The standard InChI is InChI=1S/C12H11FN2O3/c1-14-4-5-15(12(14)18)7-8-2-3-10(13)9(6-8)11(16)17/h2-6H,7H2,1H3,(H,16,17). The van der Waals surface area contributed by atoms with Crippen molar-refractivity contribution in [1.82, 2.24) is 9.13 Å². The number of carboxylic acids is 1. The maximum atomic E-state index is 13.2. The van der Waals surface area contributed by atoms with E-state index in [2.05, 4.69) is 0 Å². The van der Waals surface area contributed by atoms with Gasteiger partial charge in [-0.25, -0.2) is 14.0 Å². The molecule has 0 aliphatic rings. The molecule has 2 rings (SSSR count). The van der Waals surface area contributed by atoms with Crippen LogP contribution in [0.5, 0.6) is 0 Å². The lowest BCUT2D eigenvalue weighted by atomic mass is 10.1. The Balaban J connectivity index is 2.36. The van der Waals surface area contributed by atoms with E-state index in [1.807, 2.05) is 0 Å².